The lowest BCUT2D eigenvalue weighted by Crippen LogP contribution is -2.22. The number of nitrogens with one attached hydrogen (secondary N) is 1. The molecule has 0 spiro atoms. The first kappa shape index (κ1) is 9.85. The smallest absolute Gasteiger partial charge is 0.269 e. The molecule has 15 heavy (non-hydrogen) atoms. The Kier molecular flexibility index (Phi) is 2.77. The third kappa shape index (κ3) is 2.21. The maximum Gasteiger partial charge on any atom is 0.269 e. The Morgan fingerprint density at radius 1 is 1.60 bits per heavy atom. The maximum atomic E-state index is 11.6. The highest BCUT2D eigenvalue weighted by Gasteiger charge is 2.01. The van der Waals surface area contributed by atoms with Gasteiger partial charge in [-0.25, -0.2) is 9.67 Å². The minimum atomic E-state index is -0.128. The van der Waals surface area contributed by atoms with Crippen LogP contribution in [0, 0.1) is 0 Å². The molecule has 0 saturated heterocycles. The Hall–Kier alpha value is -1.69. The zero-order chi connectivity index (χ0) is 10.7. The molecular weight excluding hydrogens is 212 g/mol. The summed E-state index contributed by atoms with van der Waals surface area (Å²) in [7, 11) is 1.75. The van der Waals surface area contributed by atoms with E-state index in [4.69, 9.17) is 0 Å². The molecule has 0 unspecified atom stereocenters. The standard InChI is InChI=1S/C9H10N4OS/c1-10-7-4-9(14)13(12-5-7)6-8-11-2-3-15-8/h2-5,10H,6H2,1H3. The summed E-state index contributed by atoms with van der Waals surface area (Å²) < 4.78 is 1.39. The molecule has 0 aromatic carbocycles. The molecule has 0 amide bonds. The van der Waals surface area contributed by atoms with Crippen molar-refractivity contribution < 1.29 is 0 Å². The average molecular weight is 222 g/mol. The summed E-state index contributed by atoms with van der Waals surface area (Å²) in [6.45, 7) is 0.431. The number of rotatable bonds is 3. The topological polar surface area (TPSA) is 59.8 Å². The van der Waals surface area contributed by atoms with Gasteiger partial charge in [0.05, 0.1) is 18.4 Å². The normalized spacial score (nSPS) is 10.2. The molecule has 1 N–H and O–H groups in total. The molecule has 2 rings (SSSR count). The summed E-state index contributed by atoms with van der Waals surface area (Å²) in [5.41, 5.74) is 0.590. The van der Waals surface area contributed by atoms with Gasteiger partial charge in [0.1, 0.15) is 5.01 Å². The molecule has 2 aromatic heterocycles. The number of anilines is 1. The van der Waals surface area contributed by atoms with E-state index in [2.05, 4.69) is 15.4 Å². The van der Waals surface area contributed by atoms with Gasteiger partial charge in [0, 0.05) is 24.7 Å². The van der Waals surface area contributed by atoms with Crippen molar-refractivity contribution in [3.63, 3.8) is 0 Å². The second-order valence-electron chi connectivity index (χ2n) is 2.92. The minimum absolute atomic E-state index is 0.128. The molecule has 0 aliphatic heterocycles. The minimum Gasteiger partial charge on any atom is -0.387 e. The SMILES string of the molecule is CNc1cnn(Cc2nccs2)c(=O)c1. The van der Waals surface area contributed by atoms with Gasteiger partial charge >= 0.3 is 0 Å². The van der Waals surface area contributed by atoms with Crippen LogP contribution >= 0.6 is 11.3 Å². The molecule has 0 aliphatic carbocycles. The first-order valence-corrected chi connectivity index (χ1v) is 5.31. The van der Waals surface area contributed by atoms with E-state index in [1.807, 2.05) is 5.38 Å². The van der Waals surface area contributed by atoms with Crippen LogP contribution in [0.1, 0.15) is 5.01 Å². The summed E-state index contributed by atoms with van der Waals surface area (Å²) in [4.78, 5) is 15.7. The number of hydrogen-bond donors (Lipinski definition) is 1. The highest BCUT2D eigenvalue weighted by Crippen LogP contribution is 2.05. The largest absolute Gasteiger partial charge is 0.387 e. The van der Waals surface area contributed by atoms with Crippen LogP contribution in [0.2, 0.25) is 0 Å². The Morgan fingerprint density at radius 3 is 3.07 bits per heavy atom. The number of thiazole rings is 1. The highest BCUT2D eigenvalue weighted by molar-refractivity contribution is 7.09. The molecule has 0 aliphatic rings. The lowest BCUT2D eigenvalue weighted by molar-refractivity contribution is 0.637. The van der Waals surface area contributed by atoms with Crippen LogP contribution in [0.25, 0.3) is 0 Å². The van der Waals surface area contributed by atoms with Gasteiger partial charge in [-0.15, -0.1) is 11.3 Å². The van der Waals surface area contributed by atoms with Crippen molar-refractivity contribution in [3.05, 3.63) is 39.2 Å². The van der Waals surface area contributed by atoms with Crippen molar-refractivity contribution in [2.75, 3.05) is 12.4 Å². The van der Waals surface area contributed by atoms with Crippen LogP contribution in [-0.4, -0.2) is 21.8 Å². The second kappa shape index (κ2) is 4.22. The monoisotopic (exact) mass is 222 g/mol. The van der Waals surface area contributed by atoms with E-state index in [1.54, 1.807) is 19.4 Å². The van der Waals surface area contributed by atoms with E-state index in [1.165, 1.54) is 22.1 Å². The first-order valence-electron chi connectivity index (χ1n) is 4.43. The van der Waals surface area contributed by atoms with Gasteiger partial charge in [0.25, 0.3) is 5.56 Å². The fourth-order valence-corrected chi connectivity index (χ4v) is 1.75. The van der Waals surface area contributed by atoms with Gasteiger partial charge in [0.2, 0.25) is 0 Å². The third-order valence-electron chi connectivity index (χ3n) is 1.93. The second-order valence-corrected chi connectivity index (χ2v) is 3.90. The van der Waals surface area contributed by atoms with Gasteiger partial charge < -0.3 is 5.32 Å². The molecule has 2 heterocycles. The van der Waals surface area contributed by atoms with Crippen molar-refractivity contribution in [2.45, 2.75) is 6.54 Å². The molecule has 0 bridgehead atoms. The van der Waals surface area contributed by atoms with Crippen molar-refractivity contribution in [2.24, 2.45) is 0 Å². The van der Waals surface area contributed by atoms with Crippen molar-refractivity contribution in [3.8, 4) is 0 Å². The molecule has 5 nitrogen and oxygen atoms in total. The van der Waals surface area contributed by atoms with Crippen molar-refractivity contribution in [1.29, 1.82) is 0 Å². The molecule has 6 heteroatoms. The van der Waals surface area contributed by atoms with E-state index >= 15 is 0 Å². The van der Waals surface area contributed by atoms with E-state index in [0.29, 0.717) is 6.54 Å². The van der Waals surface area contributed by atoms with Gasteiger partial charge in [-0.3, -0.25) is 4.79 Å². The quantitative estimate of drug-likeness (QED) is 0.834. The number of nitrogens with zero attached hydrogens (tertiary/aromatic N) is 3. The van der Waals surface area contributed by atoms with Crippen LogP contribution < -0.4 is 10.9 Å². The molecule has 0 radical (unpaired) electrons. The average Bonchev–Trinajstić information content (AvgIpc) is 2.74. The van der Waals surface area contributed by atoms with E-state index in [0.717, 1.165) is 10.7 Å². The Labute approximate surface area is 90.4 Å². The zero-order valence-electron chi connectivity index (χ0n) is 8.17. The maximum absolute atomic E-state index is 11.6. The fourth-order valence-electron chi connectivity index (χ4n) is 1.15. The summed E-state index contributed by atoms with van der Waals surface area (Å²) in [5.74, 6) is 0. The molecule has 0 saturated carbocycles. The summed E-state index contributed by atoms with van der Waals surface area (Å²) in [5, 5.41) is 9.65. The van der Waals surface area contributed by atoms with Crippen LogP contribution in [-0.2, 0) is 6.54 Å². The third-order valence-corrected chi connectivity index (χ3v) is 2.69. The Bertz CT molecular complexity index is 491. The summed E-state index contributed by atoms with van der Waals surface area (Å²) in [6, 6.07) is 1.51. The lowest BCUT2D eigenvalue weighted by Gasteiger charge is -2.03. The Balaban J connectivity index is 2.26. The lowest BCUT2D eigenvalue weighted by atomic mass is 10.4. The van der Waals surface area contributed by atoms with Crippen molar-refractivity contribution >= 4 is 17.0 Å². The first-order chi connectivity index (χ1) is 7.29. The van der Waals surface area contributed by atoms with Gasteiger partial charge in [-0.05, 0) is 0 Å². The van der Waals surface area contributed by atoms with Crippen LogP contribution in [0.4, 0.5) is 5.69 Å². The van der Waals surface area contributed by atoms with E-state index in [9.17, 15) is 4.79 Å². The highest BCUT2D eigenvalue weighted by atomic mass is 32.1. The molecule has 78 valence electrons. The van der Waals surface area contributed by atoms with Gasteiger partial charge in [0.15, 0.2) is 0 Å². The van der Waals surface area contributed by atoms with Crippen LogP contribution in [0.5, 0.6) is 0 Å². The van der Waals surface area contributed by atoms with Crippen LogP contribution in [0.15, 0.2) is 28.6 Å². The summed E-state index contributed by atoms with van der Waals surface area (Å²) in [6.07, 6.45) is 3.34. The fraction of sp³-hybridized carbons (Fsp3) is 0.222. The number of aromatic nitrogens is 3. The van der Waals surface area contributed by atoms with E-state index < -0.39 is 0 Å². The van der Waals surface area contributed by atoms with Crippen LogP contribution in [0.3, 0.4) is 0 Å². The Morgan fingerprint density at radius 2 is 2.47 bits per heavy atom. The predicted molar refractivity (Wildman–Crippen MR) is 59.3 cm³/mol. The van der Waals surface area contributed by atoms with E-state index in [-0.39, 0.29) is 5.56 Å². The van der Waals surface area contributed by atoms with Gasteiger partial charge in [-0.2, -0.15) is 5.10 Å². The molecule has 0 fully saturated rings. The zero-order valence-corrected chi connectivity index (χ0v) is 8.99. The molecule has 0 atom stereocenters. The predicted octanol–water partition coefficient (Wildman–Crippen LogP) is 0.790. The number of hydrogen-bond acceptors (Lipinski definition) is 5. The van der Waals surface area contributed by atoms with Gasteiger partial charge in [-0.1, -0.05) is 0 Å². The summed E-state index contributed by atoms with van der Waals surface area (Å²) >= 11 is 1.51. The van der Waals surface area contributed by atoms with Crippen molar-refractivity contribution in [1.82, 2.24) is 14.8 Å². The molecule has 2 aromatic rings. The molecular formula is C9H10N4OS.